The van der Waals surface area contributed by atoms with E-state index in [0.29, 0.717) is 5.82 Å². The van der Waals surface area contributed by atoms with E-state index in [1.807, 2.05) is 6.92 Å². The lowest BCUT2D eigenvalue weighted by atomic mass is 10.3. The lowest BCUT2D eigenvalue weighted by Crippen LogP contribution is -1.93. The van der Waals surface area contributed by atoms with Crippen molar-refractivity contribution in [2.24, 2.45) is 9.98 Å². The number of nitrogens with zero attached hydrogens (tertiary/aromatic N) is 4. The number of hydrogen-bond donors (Lipinski definition) is 0. The summed E-state index contributed by atoms with van der Waals surface area (Å²) in [5.41, 5.74) is 0.766. The van der Waals surface area contributed by atoms with E-state index in [4.69, 9.17) is 0 Å². The molecule has 1 aromatic heterocycles. The van der Waals surface area contributed by atoms with Crippen LogP contribution in [0.3, 0.4) is 0 Å². The Labute approximate surface area is 83.2 Å². The van der Waals surface area contributed by atoms with Gasteiger partial charge in [-0.1, -0.05) is 0 Å². The molecule has 0 fully saturated rings. The van der Waals surface area contributed by atoms with E-state index >= 15 is 0 Å². The normalized spacial score (nSPS) is 11.9. The topological polar surface area (TPSA) is 50.5 Å². The summed E-state index contributed by atoms with van der Waals surface area (Å²) in [5.74, 6) is 0.608. The summed E-state index contributed by atoms with van der Waals surface area (Å²) in [6.07, 6.45) is 6.65. The van der Waals surface area contributed by atoms with Gasteiger partial charge >= 0.3 is 0 Å². The Balaban J connectivity index is 2.95. The molecule has 14 heavy (non-hydrogen) atoms. The highest BCUT2D eigenvalue weighted by Gasteiger charge is 1.99. The highest BCUT2D eigenvalue weighted by molar-refractivity contribution is 6.08. The van der Waals surface area contributed by atoms with E-state index in [0.717, 1.165) is 12.1 Å². The Hall–Kier alpha value is -1.84. The first-order chi connectivity index (χ1) is 6.88. The van der Waals surface area contributed by atoms with Gasteiger partial charge in [-0.25, -0.2) is 9.97 Å². The average Bonchev–Trinajstić information content (AvgIpc) is 2.25. The van der Waals surface area contributed by atoms with Gasteiger partial charge in [0.15, 0.2) is 5.82 Å². The van der Waals surface area contributed by atoms with Crippen molar-refractivity contribution in [3.05, 3.63) is 30.5 Å². The molecule has 0 aliphatic rings. The summed E-state index contributed by atoms with van der Waals surface area (Å²) in [5, 5.41) is 0. The first kappa shape index (κ1) is 10.2. The van der Waals surface area contributed by atoms with E-state index in [1.54, 1.807) is 30.9 Å². The number of aliphatic imine (C=N–C) groups is 2. The second kappa shape index (κ2) is 5.75. The first-order valence-electron chi connectivity index (χ1n) is 4.31. The van der Waals surface area contributed by atoms with Gasteiger partial charge in [-0.2, -0.15) is 0 Å². The molecule has 0 saturated heterocycles. The Morgan fingerprint density at radius 2 is 2.21 bits per heavy atom. The van der Waals surface area contributed by atoms with Crippen LogP contribution in [0.5, 0.6) is 0 Å². The highest BCUT2D eigenvalue weighted by atomic mass is 14.9. The molecular formula is C10H12N4. The Morgan fingerprint density at radius 1 is 1.50 bits per heavy atom. The molecule has 0 unspecified atom stereocenters. The maximum Gasteiger partial charge on any atom is 0.162 e. The molecule has 1 rings (SSSR count). The van der Waals surface area contributed by atoms with Gasteiger partial charge in [0.2, 0.25) is 0 Å². The number of rotatable bonds is 4. The van der Waals surface area contributed by atoms with Crippen LogP contribution in [0.25, 0.3) is 5.57 Å². The zero-order valence-corrected chi connectivity index (χ0v) is 8.09. The van der Waals surface area contributed by atoms with Gasteiger partial charge in [-0.05, 0) is 19.7 Å². The predicted octanol–water partition coefficient (Wildman–Crippen LogP) is 1.61. The van der Waals surface area contributed by atoms with Gasteiger partial charge in [0.05, 0.1) is 5.57 Å². The van der Waals surface area contributed by atoms with E-state index in [-0.39, 0.29) is 0 Å². The third kappa shape index (κ3) is 2.90. The molecule has 0 atom stereocenters. The molecule has 0 amide bonds. The summed E-state index contributed by atoms with van der Waals surface area (Å²) >= 11 is 0. The summed E-state index contributed by atoms with van der Waals surface area (Å²) in [4.78, 5) is 16.0. The second-order valence-corrected chi connectivity index (χ2v) is 2.47. The largest absolute Gasteiger partial charge is 0.293 e. The summed E-state index contributed by atoms with van der Waals surface area (Å²) in [7, 11) is 0. The van der Waals surface area contributed by atoms with Gasteiger partial charge < -0.3 is 0 Å². The number of aromatic nitrogens is 2. The lowest BCUT2D eigenvalue weighted by Gasteiger charge is -1.96. The molecule has 0 aliphatic heterocycles. The van der Waals surface area contributed by atoms with Crippen LogP contribution in [0.2, 0.25) is 0 Å². The maximum atomic E-state index is 4.11. The van der Waals surface area contributed by atoms with Gasteiger partial charge in [-0.3, -0.25) is 9.98 Å². The third-order valence-corrected chi connectivity index (χ3v) is 1.47. The van der Waals surface area contributed by atoms with E-state index in [9.17, 15) is 0 Å². The van der Waals surface area contributed by atoms with Crippen molar-refractivity contribution in [2.75, 3.05) is 6.54 Å². The Kier molecular flexibility index (Phi) is 4.20. The van der Waals surface area contributed by atoms with Crippen LogP contribution in [0, 0.1) is 0 Å². The maximum absolute atomic E-state index is 4.11. The fourth-order valence-electron chi connectivity index (χ4n) is 0.885. The van der Waals surface area contributed by atoms with E-state index in [2.05, 4.69) is 26.7 Å². The van der Waals surface area contributed by atoms with Gasteiger partial charge in [0.25, 0.3) is 0 Å². The standard InChI is InChI=1S/C10H12N4/c1-3-12-8-9(7-11-2)10-13-5-4-6-14-10/h4-8H,2-3H2,1H3/b9-7+,12-8-. The fraction of sp³-hybridized carbons (Fsp3) is 0.200. The molecule has 0 spiro atoms. The van der Waals surface area contributed by atoms with Crippen molar-refractivity contribution in [1.29, 1.82) is 0 Å². The minimum atomic E-state index is 0.608. The van der Waals surface area contributed by atoms with Crippen LogP contribution in [-0.4, -0.2) is 29.4 Å². The first-order valence-corrected chi connectivity index (χ1v) is 4.31. The molecule has 0 aliphatic carbocycles. The minimum absolute atomic E-state index is 0.608. The lowest BCUT2D eigenvalue weighted by molar-refractivity contribution is 1.11. The van der Waals surface area contributed by atoms with Crippen molar-refractivity contribution in [1.82, 2.24) is 9.97 Å². The van der Waals surface area contributed by atoms with Gasteiger partial charge in [-0.15, -0.1) is 0 Å². The van der Waals surface area contributed by atoms with Crippen molar-refractivity contribution in [2.45, 2.75) is 6.92 Å². The molecule has 0 N–H and O–H groups in total. The summed E-state index contributed by atoms with van der Waals surface area (Å²) in [6.45, 7) is 6.07. The van der Waals surface area contributed by atoms with Crippen molar-refractivity contribution < 1.29 is 0 Å². The highest BCUT2D eigenvalue weighted by Crippen LogP contribution is 2.05. The summed E-state index contributed by atoms with van der Waals surface area (Å²) in [6, 6.07) is 1.76. The molecule has 1 aromatic rings. The number of allylic oxidation sites excluding steroid dienone is 1. The minimum Gasteiger partial charge on any atom is -0.293 e. The molecule has 72 valence electrons. The van der Waals surface area contributed by atoms with Crippen LogP contribution in [0.1, 0.15) is 12.7 Å². The molecule has 0 bridgehead atoms. The van der Waals surface area contributed by atoms with Crippen LogP contribution in [-0.2, 0) is 0 Å². The molecule has 1 heterocycles. The third-order valence-electron chi connectivity index (χ3n) is 1.47. The monoisotopic (exact) mass is 188 g/mol. The SMILES string of the molecule is C=N/C=C(\C=N/CC)c1ncccn1. The molecule has 0 saturated carbocycles. The molecule has 4 heteroatoms. The molecular weight excluding hydrogens is 176 g/mol. The van der Waals surface area contributed by atoms with Gasteiger partial charge in [0.1, 0.15) is 0 Å². The Morgan fingerprint density at radius 3 is 2.79 bits per heavy atom. The molecule has 0 radical (unpaired) electrons. The quantitative estimate of drug-likeness (QED) is 0.674. The van der Waals surface area contributed by atoms with Crippen molar-refractivity contribution in [3.8, 4) is 0 Å². The Bertz CT molecular complexity index is 340. The molecule has 4 nitrogen and oxygen atoms in total. The van der Waals surface area contributed by atoms with Crippen LogP contribution in [0.15, 0.2) is 34.6 Å². The van der Waals surface area contributed by atoms with Crippen LogP contribution >= 0.6 is 0 Å². The number of hydrogen-bond acceptors (Lipinski definition) is 4. The van der Waals surface area contributed by atoms with Crippen LogP contribution in [0.4, 0.5) is 0 Å². The second-order valence-electron chi connectivity index (χ2n) is 2.47. The van der Waals surface area contributed by atoms with E-state index in [1.165, 1.54) is 0 Å². The van der Waals surface area contributed by atoms with E-state index < -0.39 is 0 Å². The van der Waals surface area contributed by atoms with Gasteiger partial charge in [0, 0.05) is 31.4 Å². The summed E-state index contributed by atoms with van der Waals surface area (Å²) < 4.78 is 0. The van der Waals surface area contributed by atoms with Crippen molar-refractivity contribution >= 4 is 18.5 Å². The zero-order valence-electron chi connectivity index (χ0n) is 8.09. The average molecular weight is 188 g/mol. The fourth-order valence-corrected chi connectivity index (χ4v) is 0.885. The molecule has 0 aromatic carbocycles. The van der Waals surface area contributed by atoms with Crippen molar-refractivity contribution in [3.63, 3.8) is 0 Å². The zero-order chi connectivity index (χ0) is 10.2. The van der Waals surface area contributed by atoms with Crippen LogP contribution < -0.4 is 0 Å². The smallest absolute Gasteiger partial charge is 0.162 e. The predicted molar refractivity (Wildman–Crippen MR) is 58.6 cm³/mol.